The van der Waals surface area contributed by atoms with Crippen molar-refractivity contribution < 1.29 is 19.0 Å². The molecule has 4 fully saturated rings. The number of rotatable bonds is 3. The van der Waals surface area contributed by atoms with E-state index >= 15 is 0 Å². The molecule has 2 saturated carbocycles. The summed E-state index contributed by atoms with van der Waals surface area (Å²) in [6.07, 6.45) is 15.4. The molecule has 5 aromatic rings. The number of ether oxygens (including phenoxy) is 3. The summed E-state index contributed by atoms with van der Waals surface area (Å²) in [5.74, 6) is 0. The lowest BCUT2D eigenvalue weighted by molar-refractivity contribution is -0.181. The molecule has 0 radical (unpaired) electrons. The summed E-state index contributed by atoms with van der Waals surface area (Å²) in [5, 5.41) is 11.2. The maximum absolute atomic E-state index is 13.2. The standard InChI is InChI=1S/C36H39N7O4/c1-41-18-24(17-38-41)31-28(22-3-4-27-23(13-22)16-39-42(27)2)29-30-25(15-37-32(29)40-31)19-46-36(30)20-34(21-36)8-10-43(11-9-34)33(44)47-26-5-12-45-35(14-26)6-7-35/h3-4,13,15-18,26H,5-12,14,19-21H2,1-2H3,(H,37,40)/t26-/m0/s1. The molecule has 1 aromatic carbocycles. The largest absolute Gasteiger partial charge is 0.446 e. The highest BCUT2D eigenvalue weighted by atomic mass is 16.6. The fourth-order valence-electron chi connectivity index (χ4n) is 9.23. The molecule has 47 heavy (non-hydrogen) atoms. The van der Waals surface area contributed by atoms with Crippen molar-refractivity contribution in [1.29, 1.82) is 0 Å². The van der Waals surface area contributed by atoms with Gasteiger partial charge < -0.3 is 24.1 Å². The van der Waals surface area contributed by atoms with Gasteiger partial charge in [0.25, 0.3) is 0 Å². The van der Waals surface area contributed by atoms with Crippen LogP contribution < -0.4 is 0 Å². The maximum Gasteiger partial charge on any atom is 0.410 e. The molecule has 1 amide bonds. The van der Waals surface area contributed by atoms with E-state index in [1.54, 1.807) is 0 Å². The first kappa shape index (κ1) is 27.9. The summed E-state index contributed by atoms with van der Waals surface area (Å²) in [6, 6.07) is 6.57. The van der Waals surface area contributed by atoms with Gasteiger partial charge in [0.2, 0.25) is 0 Å². The lowest BCUT2D eigenvalue weighted by atomic mass is 9.53. The summed E-state index contributed by atoms with van der Waals surface area (Å²) < 4.78 is 22.4. The number of fused-ring (bicyclic) bond motifs is 5. The predicted octanol–water partition coefficient (Wildman–Crippen LogP) is 5.97. The third-order valence-corrected chi connectivity index (χ3v) is 11.8. The van der Waals surface area contributed by atoms with Crippen molar-refractivity contribution in [2.75, 3.05) is 19.7 Å². The molecule has 11 heteroatoms. The van der Waals surface area contributed by atoms with Crippen LogP contribution in [-0.4, -0.2) is 71.9 Å². The van der Waals surface area contributed by atoms with Crippen LogP contribution in [0.4, 0.5) is 4.79 Å². The third-order valence-electron chi connectivity index (χ3n) is 11.8. The van der Waals surface area contributed by atoms with Gasteiger partial charge in [0.15, 0.2) is 0 Å². The smallest absolute Gasteiger partial charge is 0.410 e. The van der Waals surface area contributed by atoms with Gasteiger partial charge in [-0.1, -0.05) is 6.07 Å². The van der Waals surface area contributed by atoms with Crippen LogP contribution in [0.1, 0.15) is 62.5 Å². The lowest BCUT2D eigenvalue weighted by Crippen LogP contribution is -2.55. The second-order valence-electron chi connectivity index (χ2n) is 14.9. The second kappa shape index (κ2) is 9.67. The molecule has 242 valence electrons. The van der Waals surface area contributed by atoms with Crippen LogP contribution in [-0.2, 0) is 40.5 Å². The van der Waals surface area contributed by atoms with Crippen LogP contribution in [0.15, 0.2) is 43.0 Å². The first-order chi connectivity index (χ1) is 22.8. The van der Waals surface area contributed by atoms with Gasteiger partial charge in [-0.3, -0.25) is 9.36 Å². The van der Waals surface area contributed by atoms with Crippen LogP contribution in [0, 0.1) is 5.41 Å². The van der Waals surface area contributed by atoms with Crippen molar-refractivity contribution in [3.8, 4) is 22.4 Å². The fourth-order valence-corrected chi connectivity index (χ4v) is 9.23. The van der Waals surface area contributed by atoms with Gasteiger partial charge >= 0.3 is 6.09 Å². The lowest BCUT2D eigenvalue weighted by Gasteiger charge is -2.57. The van der Waals surface area contributed by atoms with Crippen molar-refractivity contribution in [2.24, 2.45) is 19.5 Å². The van der Waals surface area contributed by atoms with Gasteiger partial charge in [-0.25, -0.2) is 9.78 Å². The van der Waals surface area contributed by atoms with Crippen LogP contribution in [0.5, 0.6) is 0 Å². The van der Waals surface area contributed by atoms with Crippen LogP contribution in [0.2, 0.25) is 0 Å². The van der Waals surface area contributed by atoms with E-state index in [0.29, 0.717) is 13.2 Å². The first-order valence-corrected chi connectivity index (χ1v) is 17.0. The van der Waals surface area contributed by atoms with Gasteiger partial charge in [0, 0.05) is 85.4 Å². The minimum Gasteiger partial charge on any atom is -0.446 e. The predicted molar refractivity (Wildman–Crippen MR) is 174 cm³/mol. The number of aryl methyl sites for hydroxylation is 2. The summed E-state index contributed by atoms with van der Waals surface area (Å²) in [6.45, 7) is 2.72. The zero-order valence-corrected chi connectivity index (χ0v) is 26.9. The van der Waals surface area contributed by atoms with Crippen molar-refractivity contribution in [1.82, 2.24) is 34.4 Å². The Morgan fingerprint density at radius 1 is 1.02 bits per heavy atom. The van der Waals surface area contributed by atoms with Crippen molar-refractivity contribution in [3.05, 3.63) is 54.1 Å². The van der Waals surface area contributed by atoms with E-state index in [9.17, 15) is 4.79 Å². The molecule has 3 spiro atoms. The quantitative estimate of drug-likeness (QED) is 0.261. The van der Waals surface area contributed by atoms with E-state index in [2.05, 4.69) is 33.4 Å². The van der Waals surface area contributed by atoms with E-state index in [0.717, 1.165) is 109 Å². The summed E-state index contributed by atoms with van der Waals surface area (Å²) >= 11 is 0. The SMILES string of the molecule is Cn1cc(-c2[nH]c3ncc4c(c3c2-c2ccc3c(cnn3C)c2)C2(CC3(CCN(C(=O)O[C@H]5CCOC6(CC6)C5)CC3)C2)OC4)cn1. The molecule has 5 aliphatic rings. The Kier molecular flexibility index (Phi) is 5.73. The number of hydrogen-bond acceptors (Lipinski definition) is 7. The minimum atomic E-state index is -0.360. The average molecular weight is 634 g/mol. The first-order valence-electron chi connectivity index (χ1n) is 17.0. The Labute approximate surface area is 272 Å². The second-order valence-corrected chi connectivity index (χ2v) is 14.9. The van der Waals surface area contributed by atoms with E-state index in [-0.39, 0.29) is 28.8 Å². The van der Waals surface area contributed by atoms with Crippen molar-refractivity contribution >= 4 is 28.0 Å². The zero-order chi connectivity index (χ0) is 31.5. The van der Waals surface area contributed by atoms with Crippen molar-refractivity contribution in [2.45, 2.75) is 75.3 Å². The zero-order valence-electron chi connectivity index (χ0n) is 26.9. The maximum atomic E-state index is 13.2. The molecule has 10 rings (SSSR count). The number of benzene rings is 1. The summed E-state index contributed by atoms with van der Waals surface area (Å²) in [5.41, 5.74) is 8.47. The number of hydrogen-bond donors (Lipinski definition) is 1. The number of nitrogens with zero attached hydrogens (tertiary/aromatic N) is 6. The minimum absolute atomic E-state index is 0.00248. The monoisotopic (exact) mass is 633 g/mol. The number of pyridine rings is 1. The Bertz CT molecular complexity index is 2070. The third kappa shape index (κ3) is 4.25. The van der Waals surface area contributed by atoms with Crippen LogP contribution >= 0.6 is 0 Å². The van der Waals surface area contributed by atoms with Gasteiger partial charge in [0.05, 0.1) is 48.0 Å². The molecule has 11 nitrogen and oxygen atoms in total. The van der Waals surface area contributed by atoms with Crippen molar-refractivity contribution in [3.63, 3.8) is 0 Å². The fraction of sp³-hybridized carbons (Fsp3) is 0.500. The normalized spacial score (nSPS) is 23.5. The summed E-state index contributed by atoms with van der Waals surface area (Å²) in [4.78, 5) is 23.7. The topological polar surface area (TPSA) is 112 Å². The number of carbonyl (C=O) groups excluding carboxylic acids is 1. The molecule has 2 aliphatic carbocycles. The summed E-state index contributed by atoms with van der Waals surface area (Å²) in [7, 11) is 3.92. The highest BCUT2D eigenvalue weighted by Crippen LogP contribution is 2.65. The molecule has 1 N–H and O–H groups in total. The van der Waals surface area contributed by atoms with E-state index in [1.165, 1.54) is 11.1 Å². The Balaban J connectivity index is 0.963. The molecular weight excluding hydrogens is 594 g/mol. The number of aromatic nitrogens is 6. The number of H-pyrrole nitrogens is 1. The number of amides is 1. The van der Waals surface area contributed by atoms with Crippen LogP contribution in [0.25, 0.3) is 44.3 Å². The Morgan fingerprint density at radius 2 is 1.87 bits per heavy atom. The number of nitrogens with one attached hydrogen (secondary N) is 1. The molecule has 2 saturated heterocycles. The number of piperidine rings is 1. The molecule has 3 aliphatic heterocycles. The van der Waals surface area contributed by atoms with Gasteiger partial charge in [-0.15, -0.1) is 0 Å². The Hall–Kier alpha value is -4.22. The average Bonchev–Trinajstić information content (AvgIpc) is 3.44. The molecule has 4 aromatic heterocycles. The number of carbonyl (C=O) groups is 1. The molecular formula is C36H39N7O4. The van der Waals surface area contributed by atoms with Gasteiger partial charge in [-0.05, 0) is 61.6 Å². The van der Waals surface area contributed by atoms with E-state index in [4.69, 9.17) is 19.2 Å². The molecule has 0 bridgehead atoms. The Morgan fingerprint density at radius 3 is 2.66 bits per heavy atom. The van der Waals surface area contributed by atoms with Gasteiger partial charge in [-0.2, -0.15) is 10.2 Å². The molecule has 0 unspecified atom stereocenters. The molecule has 1 atom stereocenters. The van der Waals surface area contributed by atoms with E-state index < -0.39 is 0 Å². The molecule has 7 heterocycles. The van der Waals surface area contributed by atoms with E-state index in [1.807, 2.05) is 53.1 Å². The highest BCUT2D eigenvalue weighted by molar-refractivity contribution is 6.06. The number of aromatic amines is 1. The van der Waals surface area contributed by atoms with Crippen LogP contribution in [0.3, 0.4) is 0 Å². The highest BCUT2D eigenvalue weighted by Gasteiger charge is 2.60. The van der Waals surface area contributed by atoms with Gasteiger partial charge in [0.1, 0.15) is 11.8 Å². The number of likely N-dealkylation sites (tertiary alicyclic amines) is 1.